The molecule has 1 rings (SSSR count). The molecule has 1 N–H and O–H groups in total. The van der Waals surface area contributed by atoms with Gasteiger partial charge in [-0.25, -0.2) is 13.8 Å². The van der Waals surface area contributed by atoms with Crippen molar-refractivity contribution in [1.82, 2.24) is 10.3 Å². The lowest BCUT2D eigenvalue weighted by atomic mass is 10.3. The van der Waals surface area contributed by atoms with E-state index in [0.717, 1.165) is 5.69 Å². The fraction of sp³-hybridized carbons (Fsp3) is 0.444. The summed E-state index contributed by atoms with van der Waals surface area (Å²) in [4.78, 5) is 4.02. The Morgan fingerprint density at radius 1 is 1.50 bits per heavy atom. The molecule has 78 valence electrons. The molecule has 0 aliphatic carbocycles. The lowest BCUT2D eigenvalue weighted by Gasteiger charge is -2.05. The summed E-state index contributed by atoms with van der Waals surface area (Å²) in [5.41, 5.74) is 0.763. The van der Waals surface area contributed by atoms with Crippen LogP contribution in [-0.2, 0) is 6.54 Å². The molecule has 0 spiro atoms. The number of alkyl halides is 2. The van der Waals surface area contributed by atoms with Gasteiger partial charge < -0.3 is 10.1 Å². The number of aromatic nitrogens is 1. The Morgan fingerprint density at radius 3 is 2.93 bits per heavy atom. The Kier molecular flexibility index (Phi) is 4.25. The highest BCUT2D eigenvalue weighted by molar-refractivity contribution is 5.15. The minimum Gasteiger partial charge on any atom is -0.472 e. The van der Waals surface area contributed by atoms with Crippen LogP contribution in [0.15, 0.2) is 18.2 Å². The highest BCUT2D eigenvalue weighted by Gasteiger charge is 2.04. The Hall–Kier alpha value is -1.23. The molecule has 0 amide bonds. The van der Waals surface area contributed by atoms with Crippen molar-refractivity contribution in [2.24, 2.45) is 0 Å². The zero-order valence-electron chi connectivity index (χ0n) is 7.84. The third-order valence-electron chi connectivity index (χ3n) is 1.50. The van der Waals surface area contributed by atoms with Crippen molar-refractivity contribution in [2.75, 3.05) is 13.7 Å². The van der Waals surface area contributed by atoms with E-state index in [0.29, 0.717) is 6.54 Å². The Balaban J connectivity index is 2.54. The highest BCUT2D eigenvalue weighted by atomic mass is 19.3. The van der Waals surface area contributed by atoms with Crippen molar-refractivity contribution >= 4 is 0 Å². The van der Waals surface area contributed by atoms with E-state index in [4.69, 9.17) is 4.74 Å². The van der Waals surface area contributed by atoms with E-state index in [-0.39, 0.29) is 5.88 Å². The van der Waals surface area contributed by atoms with Crippen molar-refractivity contribution in [3.8, 4) is 5.88 Å². The number of halogens is 2. The van der Waals surface area contributed by atoms with Gasteiger partial charge in [0.25, 0.3) is 6.43 Å². The first-order valence-electron chi connectivity index (χ1n) is 4.24. The van der Waals surface area contributed by atoms with Gasteiger partial charge in [-0.15, -0.1) is 0 Å². The molecule has 0 aliphatic heterocycles. The molecule has 0 radical (unpaired) electrons. The van der Waals surface area contributed by atoms with E-state index in [1.165, 1.54) is 0 Å². The second-order valence-electron chi connectivity index (χ2n) is 2.70. The average Bonchev–Trinajstić information content (AvgIpc) is 2.16. The number of hydrogen-bond donors (Lipinski definition) is 1. The topological polar surface area (TPSA) is 34.1 Å². The molecule has 0 fully saturated rings. The van der Waals surface area contributed by atoms with E-state index in [2.05, 4.69) is 10.3 Å². The summed E-state index contributed by atoms with van der Waals surface area (Å²) in [6.45, 7) is -0.0259. The van der Waals surface area contributed by atoms with E-state index in [1.54, 1.807) is 25.2 Å². The number of nitrogens with zero attached hydrogens (tertiary/aromatic N) is 1. The van der Waals surface area contributed by atoms with Gasteiger partial charge in [0, 0.05) is 12.6 Å². The molecule has 1 aromatic heterocycles. The number of rotatable bonds is 5. The van der Waals surface area contributed by atoms with Gasteiger partial charge in [0.05, 0.1) is 5.69 Å². The molecule has 1 aromatic rings. The van der Waals surface area contributed by atoms with Crippen LogP contribution in [-0.4, -0.2) is 25.1 Å². The predicted octanol–water partition coefficient (Wildman–Crippen LogP) is 1.44. The molecule has 0 saturated heterocycles. The average molecular weight is 202 g/mol. The van der Waals surface area contributed by atoms with Crippen molar-refractivity contribution in [3.05, 3.63) is 23.9 Å². The van der Waals surface area contributed by atoms with E-state index in [9.17, 15) is 8.78 Å². The van der Waals surface area contributed by atoms with E-state index in [1.807, 2.05) is 0 Å². The highest BCUT2D eigenvalue weighted by Crippen LogP contribution is 2.08. The number of pyridine rings is 1. The van der Waals surface area contributed by atoms with Crippen LogP contribution < -0.4 is 10.1 Å². The lowest BCUT2D eigenvalue weighted by molar-refractivity contribution is 0.0795. The predicted molar refractivity (Wildman–Crippen MR) is 48.5 cm³/mol. The van der Waals surface area contributed by atoms with Gasteiger partial charge in [0.15, 0.2) is 6.61 Å². The zero-order valence-corrected chi connectivity index (χ0v) is 7.84. The quantitative estimate of drug-likeness (QED) is 0.784. The van der Waals surface area contributed by atoms with Gasteiger partial charge in [-0.2, -0.15) is 0 Å². The van der Waals surface area contributed by atoms with Crippen molar-refractivity contribution in [1.29, 1.82) is 0 Å². The first-order valence-corrected chi connectivity index (χ1v) is 4.24. The number of nitrogens with one attached hydrogen (secondary N) is 1. The molecule has 0 saturated carbocycles. The molecule has 0 aliphatic rings. The molecule has 0 aromatic carbocycles. The molecule has 14 heavy (non-hydrogen) atoms. The van der Waals surface area contributed by atoms with Gasteiger partial charge in [-0.3, -0.25) is 0 Å². The normalized spacial score (nSPS) is 10.6. The molecule has 1 heterocycles. The first-order chi connectivity index (χ1) is 6.72. The standard InChI is InChI=1S/C9H12F2N2O/c1-12-5-7-3-2-4-9(13-7)14-6-8(10)11/h2-4,8,12H,5-6H2,1H3. The monoisotopic (exact) mass is 202 g/mol. The number of hydrogen-bond acceptors (Lipinski definition) is 3. The van der Waals surface area contributed by atoms with Crippen molar-refractivity contribution < 1.29 is 13.5 Å². The van der Waals surface area contributed by atoms with E-state index < -0.39 is 13.0 Å². The van der Waals surface area contributed by atoms with Crippen molar-refractivity contribution in [2.45, 2.75) is 13.0 Å². The third kappa shape index (κ3) is 3.66. The Labute approximate surface area is 81.1 Å². The molecule has 5 heteroatoms. The Morgan fingerprint density at radius 2 is 2.29 bits per heavy atom. The summed E-state index contributed by atoms with van der Waals surface area (Å²) in [6.07, 6.45) is -2.47. The molecular formula is C9H12F2N2O. The lowest BCUT2D eigenvalue weighted by Crippen LogP contribution is -2.10. The van der Waals surface area contributed by atoms with E-state index >= 15 is 0 Å². The van der Waals surface area contributed by atoms with Gasteiger partial charge in [0.2, 0.25) is 5.88 Å². The maximum Gasteiger partial charge on any atom is 0.272 e. The van der Waals surface area contributed by atoms with Crippen LogP contribution in [0.2, 0.25) is 0 Å². The maximum atomic E-state index is 11.8. The van der Waals surface area contributed by atoms with Crippen molar-refractivity contribution in [3.63, 3.8) is 0 Å². The first kappa shape index (κ1) is 10.8. The third-order valence-corrected chi connectivity index (χ3v) is 1.50. The van der Waals surface area contributed by atoms with Crippen LogP contribution in [0.25, 0.3) is 0 Å². The molecule has 0 bridgehead atoms. The van der Waals surface area contributed by atoms with Gasteiger partial charge in [-0.1, -0.05) is 6.07 Å². The fourth-order valence-electron chi connectivity index (χ4n) is 0.966. The van der Waals surface area contributed by atoms with Crippen LogP contribution in [0.5, 0.6) is 5.88 Å². The fourth-order valence-corrected chi connectivity index (χ4v) is 0.966. The van der Waals surface area contributed by atoms with Crippen LogP contribution in [0.1, 0.15) is 5.69 Å². The summed E-state index contributed by atoms with van der Waals surface area (Å²) in [7, 11) is 1.79. The van der Waals surface area contributed by atoms with Crippen LogP contribution in [0.4, 0.5) is 8.78 Å². The summed E-state index contributed by atoms with van der Waals surface area (Å²) < 4.78 is 28.4. The number of ether oxygens (including phenoxy) is 1. The largest absolute Gasteiger partial charge is 0.472 e. The van der Waals surface area contributed by atoms with Gasteiger partial charge in [-0.05, 0) is 13.1 Å². The second-order valence-corrected chi connectivity index (χ2v) is 2.70. The summed E-state index contributed by atoms with van der Waals surface area (Å²) in [5, 5.41) is 2.91. The van der Waals surface area contributed by atoms with Crippen LogP contribution >= 0.6 is 0 Å². The molecule has 0 unspecified atom stereocenters. The zero-order chi connectivity index (χ0) is 10.4. The smallest absolute Gasteiger partial charge is 0.272 e. The SMILES string of the molecule is CNCc1cccc(OCC(F)F)n1. The van der Waals surface area contributed by atoms with Gasteiger partial charge >= 0.3 is 0 Å². The van der Waals surface area contributed by atoms with Crippen LogP contribution in [0, 0.1) is 0 Å². The summed E-state index contributed by atoms with van der Waals surface area (Å²) in [6, 6.07) is 5.08. The van der Waals surface area contributed by atoms with Crippen LogP contribution in [0.3, 0.4) is 0 Å². The molecule has 0 atom stereocenters. The maximum absolute atomic E-state index is 11.8. The summed E-state index contributed by atoms with van der Waals surface area (Å²) in [5.74, 6) is 0.234. The molecular weight excluding hydrogens is 190 g/mol. The van der Waals surface area contributed by atoms with Gasteiger partial charge in [0.1, 0.15) is 0 Å². The molecule has 3 nitrogen and oxygen atoms in total. The Bertz CT molecular complexity index is 281. The second kappa shape index (κ2) is 5.49. The minimum atomic E-state index is -2.47. The minimum absolute atomic E-state index is 0.234. The summed E-state index contributed by atoms with van der Waals surface area (Å²) >= 11 is 0.